The van der Waals surface area contributed by atoms with E-state index in [4.69, 9.17) is 5.11 Å². The van der Waals surface area contributed by atoms with Crippen LogP contribution in [0.3, 0.4) is 0 Å². The molecular weight excluding hydrogens is 226 g/mol. The molecule has 0 aliphatic rings. The topological polar surface area (TPSA) is 50.2 Å². The van der Waals surface area contributed by atoms with Crippen LogP contribution >= 0.6 is 0 Å². The molecule has 0 aliphatic carbocycles. The SMILES string of the molecule is CCc1ccc(-c2ccc(CC(=O)O)cn2)cc1. The Labute approximate surface area is 106 Å². The van der Waals surface area contributed by atoms with Gasteiger partial charge >= 0.3 is 5.97 Å². The van der Waals surface area contributed by atoms with E-state index >= 15 is 0 Å². The molecule has 18 heavy (non-hydrogen) atoms. The van der Waals surface area contributed by atoms with Gasteiger partial charge in [0.25, 0.3) is 0 Å². The van der Waals surface area contributed by atoms with Crippen LogP contribution in [0.4, 0.5) is 0 Å². The molecule has 0 radical (unpaired) electrons. The zero-order valence-electron chi connectivity index (χ0n) is 10.3. The van der Waals surface area contributed by atoms with E-state index in [0.29, 0.717) is 0 Å². The average molecular weight is 241 g/mol. The van der Waals surface area contributed by atoms with Gasteiger partial charge in [-0.15, -0.1) is 0 Å². The molecule has 1 aromatic carbocycles. The summed E-state index contributed by atoms with van der Waals surface area (Å²) < 4.78 is 0. The second-order valence-electron chi connectivity index (χ2n) is 4.17. The standard InChI is InChI=1S/C15H15NO2/c1-2-11-3-6-13(7-4-11)14-8-5-12(10-16-14)9-15(17)18/h3-8,10H,2,9H2,1H3,(H,17,18). The summed E-state index contributed by atoms with van der Waals surface area (Å²) in [6, 6.07) is 11.9. The van der Waals surface area contributed by atoms with Crippen molar-refractivity contribution in [3.05, 3.63) is 53.7 Å². The molecule has 3 heteroatoms. The first-order valence-corrected chi connectivity index (χ1v) is 5.95. The number of pyridine rings is 1. The van der Waals surface area contributed by atoms with Gasteiger partial charge in [0.2, 0.25) is 0 Å². The van der Waals surface area contributed by atoms with E-state index in [1.54, 1.807) is 6.20 Å². The number of aromatic nitrogens is 1. The Morgan fingerprint density at radius 2 is 1.78 bits per heavy atom. The summed E-state index contributed by atoms with van der Waals surface area (Å²) in [5, 5.41) is 8.68. The van der Waals surface area contributed by atoms with Gasteiger partial charge in [0.1, 0.15) is 0 Å². The van der Waals surface area contributed by atoms with Gasteiger partial charge in [0.05, 0.1) is 12.1 Å². The van der Waals surface area contributed by atoms with Crippen LogP contribution in [-0.2, 0) is 17.6 Å². The first-order chi connectivity index (χ1) is 8.69. The fourth-order valence-electron chi connectivity index (χ4n) is 1.79. The fraction of sp³-hybridized carbons (Fsp3) is 0.200. The number of hydrogen-bond donors (Lipinski definition) is 1. The number of carboxylic acid groups (broad SMARTS) is 1. The van der Waals surface area contributed by atoms with Crippen molar-refractivity contribution in [3.63, 3.8) is 0 Å². The normalized spacial score (nSPS) is 10.3. The monoisotopic (exact) mass is 241 g/mol. The largest absolute Gasteiger partial charge is 0.481 e. The summed E-state index contributed by atoms with van der Waals surface area (Å²) in [7, 11) is 0. The lowest BCUT2D eigenvalue weighted by molar-refractivity contribution is -0.136. The van der Waals surface area contributed by atoms with E-state index in [1.807, 2.05) is 24.3 Å². The Morgan fingerprint density at radius 3 is 2.28 bits per heavy atom. The number of aliphatic carboxylic acids is 1. The third kappa shape index (κ3) is 2.94. The van der Waals surface area contributed by atoms with Crippen LogP contribution in [0.5, 0.6) is 0 Å². The van der Waals surface area contributed by atoms with Crippen LogP contribution in [0, 0.1) is 0 Å². The Balaban J connectivity index is 2.20. The van der Waals surface area contributed by atoms with E-state index < -0.39 is 5.97 Å². The summed E-state index contributed by atoms with van der Waals surface area (Å²) in [6.45, 7) is 2.12. The molecule has 0 saturated heterocycles. The zero-order valence-corrected chi connectivity index (χ0v) is 10.3. The maximum Gasteiger partial charge on any atom is 0.307 e. The highest BCUT2D eigenvalue weighted by Crippen LogP contribution is 2.18. The van der Waals surface area contributed by atoms with E-state index in [1.165, 1.54) is 5.56 Å². The predicted octanol–water partition coefficient (Wildman–Crippen LogP) is 2.94. The highest BCUT2D eigenvalue weighted by molar-refractivity contribution is 5.70. The summed E-state index contributed by atoms with van der Waals surface area (Å²) in [5.74, 6) is -0.836. The number of rotatable bonds is 4. The van der Waals surface area contributed by atoms with Gasteiger partial charge in [-0.1, -0.05) is 37.3 Å². The van der Waals surface area contributed by atoms with E-state index in [9.17, 15) is 4.79 Å². The van der Waals surface area contributed by atoms with E-state index in [-0.39, 0.29) is 6.42 Å². The lowest BCUT2D eigenvalue weighted by Crippen LogP contribution is -2.00. The molecular formula is C15H15NO2. The van der Waals surface area contributed by atoms with E-state index in [2.05, 4.69) is 24.0 Å². The second kappa shape index (κ2) is 5.45. The van der Waals surface area contributed by atoms with Crippen LogP contribution in [-0.4, -0.2) is 16.1 Å². The molecule has 92 valence electrons. The molecule has 0 amide bonds. The summed E-state index contributed by atoms with van der Waals surface area (Å²) in [6.07, 6.45) is 2.66. The van der Waals surface area contributed by atoms with Crippen molar-refractivity contribution in [1.29, 1.82) is 0 Å². The van der Waals surface area contributed by atoms with Crippen LogP contribution in [0.2, 0.25) is 0 Å². The number of carboxylic acids is 1. The summed E-state index contributed by atoms with van der Waals surface area (Å²) >= 11 is 0. The van der Waals surface area contributed by atoms with Gasteiger partial charge in [-0.25, -0.2) is 0 Å². The molecule has 1 heterocycles. The van der Waals surface area contributed by atoms with Gasteiger partial charge in [-0.2, -0.15) is 0 Å². The highest BCUT2D eigenvalue weighted by atomic mass is 16.4. The molecule has 0 spiro atoms. The molecule has 1 N–H and O–H groups in total. The van der Waals surface area contributed by atoms with Crippen LogP contribution in [0.1, 0.15) is 18.1 Å². The lowest BCUT2D eigenvalue weighted by Gasteiger charge is -2.03. The predicted molar refractivity (Wildman–Crippen MR) is 70.4 cm³/mol. The molecule has 0 aliphatic heterocycles. The van der Waals surface area contributed by atoms with Gasteiger partial charge in [-0.05, 0) is 23.6 Å². The van der Waals surface area contributed by atoms with E-state index in [0.717, 1.165) is 23.2 Å². The molecule has 0 saturated carbocycles. The van der Waals surface area contributed by atoms with Crippen molar-refractivity contribution in [1.82, 2.24) is 4.98 Å². The molecule has 0 atom stereocenters. The molecule has 0 bridgehead atoms. The number of aryl methyl sites for hydroxylation is 1. The molecule has 0 unspecified atom stereocenters. The highest BCUT2D eigenvalue weighted by Gasteiger charge is 2.03. The minimum Gasteiger partial charge on any atom is -0.481 e. The summed E-state index contributed by atoms with van der Waals surface area (Å²) in [5.41, 5.74) is 3.93. The Hall–Kier alpha value is -2.16. The number of benzene rings is 1. The van der Waals surface area contributed by atoms with Gasteiger partial charge < -0.3 is 5.11 Å². The first kappa shape index (κ1) is 12.3. The van der Waals surface area contributed by atoms with Gasteiger partial charge in [0, 0.05) is 11.8 Å². The molecule has 1 aromatic heterocycles. The maximum absolute atomic E-state index is 10.6. The van der Waals surface area contributed by atoms with Gasteiger partial charge in [-0.3, -0.25) is 9.78 Å². The quantitative estimate of drug-likeness (QED) is 0.895. The lowest BCUT2D eigenvalue weighted by atomic mass is 10.1. The van der Waals surface area contributed by atoms with Crippen molar-refractivity contribution in [2.45, 2.75) is 19.8 Å². The number of nitrogens with zero attached hydrogens (tertiary/aromatic N) is 1. The number of carbonyl (C=O) groups is 1. The third-order valence-corrected chi connectivity index (χ3v) is 2.84. The molecule has 2 rings (SSSR count). The Kier molecular flexibility index (Phi) is 3.72. The average Bonchev–Trinajstić information content (AvgIpc) is 2.39. The number of hydrogen-bond acceptors (Lipinski definition) is 2. The fourth-order valence-corrected chi connectivity index (χ4v) is 1.79. The van der Waals surface area contributed by atoms with Crippen LogP contribution < -0.4 is 0 Å². The minimum absolute atomic E-state index is 0.0159. The summed E-state index contributed by atoms with van der Waals surface area (Å²) in [4.78, 5) is 14.9. The van der Waals surface area contributed by atoms with Crippen molar-refractivity contribution in [2.75, 3.05) is 0 Å². The molecule has 0 fully saturated rings. The zero-order chi connectivity index (χ0) is 13.0. The second-order valence-corrected chi connectivity index (χ2v) is 4.17. The molecule has 3 nitrogen and oxygen atoms in total. The maximum atomic E-state index is 10.6. The van der Waals surface area contributed by atoms with Crippen molar-refractivity contribution >= 4 is 5.97 Å². The Morgan fingerprint density at radius 1 is 1.11 bits per heavy atom. The minimum atomic E-state index is -0.836. The van der Waals surface area contributed by atoms with Crippen LogP contribution in [0.25, 0.3) is 11.3 Å². The van der Waals surface area contributed by atoms with Crippen molar-refractivity contribution in [3.8, 4) is 11.3 Å². The molecule has 2 aromatic rings. The van der Waals surface area contributed by atoms with Crippen molar-refractivity contribution in [2.24, 2.45) is 0 Å². The Bertz CT molecular complexity index is 529. The third-order valence-electron chi connectivity index (χ3n) is 2.84. The smallest absolute Gasteiger partial charge is 0.307 e. The van der Waals surface area contributed by atoms with Crippen LogP contribution in [0.15, 0.2) is 42.6 Å². The van der Waals surface area contributed by atoms with Crippen molar-refractivity contribution < 1.29 is 9.90 Å². The first-order valence-electron chi connectivity index (χ1n) is 5.95. The van der Waals surface area contributed by atoms with Gasteiger partial charge in [0.15, 0.2) is 0 Å².